The van der Waals surface area contributed by atoms with Crippen LogP contribution >= 0.6 is 0 Å². The van der Waals surface area contributed by atoms with Crippen molar-refractivity contribution in [2.24, 2.45) is 0 Å². The van der Waals surface area contributed by atoms with Crippen LogP contribution in [0.3, 0.4) is 0 Å². The van der Waals surface area contributed by atoms with Crippen molar-refractivity contribution < 1.29 is 27.8 Å². The van der Waals surface area contributed by atoms with Crippen LogP contribution in [0.25, 0.3) is 0 Å². The molecule has 0 aliphatic heterocycles. The molecule has 1 heterocycles. The summed E-state index contributed by atoms with van der Waals surface area (Å²) in [5.74, 6) is -1.05. The Morgan fingerprint density at radius 2 is 2.14 bits per heavy atom. The predicted octanol–water partition coefficient (Wildman–Crippen LogP) is 1.93. The zero-order chi connectivity index (χ0) is 21.6. The molecule has 29 heavy (non-hydrogen) atoms. The number of nitrogen functional groups attached to an aromatic ring is 1. The number of aromatic nitrogens is 2. The summed E-state index contributed by atoms with van der Waals surface area (Å²) in [6.45, 7) is 1.18. The fraction of sp³-hybridized carbons (Fsp3) is 0.333. The fourth-order valence-corrected chi connectivity index (χ4v) is 2.48. The molecule has 0 fully saturated rings. The number of nitrogens with two attached hydrogens (primary N) is 1. The van der Waals surface area contributed by atoms with Gasteiger partial charge in [0.15, 0.2) is 17.2 Å². The van der Waals surface area contributed by atoms with E-state index in [-0.39, 0.29) is 41.8 Å². The molecule has 2 aromatic rings. The van der Waals surface area contributed by atoms with Crippen molar-refractivity contribution in [3.05, 3.63) is 41.0 Å². The van der Waals surface area contributed by atoms with E-state index in [1.807, 2.05) is 6.07 Å². The van der Waals surface area contributed by atoms with E-state index in [0.29, 0.717) is 0 Å². The maximum Gasteiger partial charge on any atom is 0.416 e. The molecule has 11 heteroatoms. The molecule has 2 rings (SSSR count). The van der Waals surface area contributed by atoms with Crippen molar-refractivity contribution in [1.82, 2.24) is 9.97 Å². The van der Waals surface area contributed by atoms with E-state index >= 15 is 0 Å². The number of carbonyl (C=O) groups is 1. The van der Waals surface area contributed by atoms with Crippen molar-refractivity contribution in [2.45, 2.75) is 25.6 Å². The van der Waals surface area contributed by atoms with Crippen LogP contribution in [0.2, 0.25) is 0 Å². The highest BCUT2D eigenvalue weighted by molar-refractivity contribution is 5.89. The number of anilines is 2. The van der Waals surface area contributed by atoms with Crippen molar-refractivity contribution in [3.8, 4) is 11.9 Å². The number of nitrogens with zero attached hydrogens (tertiary/aromatic N) is 3. The van der Waals surface area contributed by atoms with E-state index in [1.54, 1.807) is 6.92 Å². The Labute approximate surface area is 164 Å². The molecule has 0 saturated heterocycles. The number of halogens is 3. The minimum Gasteiger partial charge on any atom is -0.477 e. The van der Waals surface area contributed by atoms with Crippen LogP contribution in [0.4, 0.5) is 24.9 Å². The van der Waals surface area contributed by atoms with Crippen LogP contribution in [0.5, 0.6) is 5.88 Å². The quantitative estimate of drug-likeness (QED) is 0.602. The van der Waals surface area contributed by atoms with E-state index < -0.39 is 30.2 Å². The summed E-state index contributed by atoms with van der Waals surface area (Å²) in [4.78, 5) is 20.2. The number of aliphatic hydroxyl groups is 1. The minimum absolute atomic E-state index is 0.0907. The van der Waals surface area contributed by atoms with Gasteiger partial charge >= 0.3 is 6.18 Å². The molecule has 0 unspecified atom stereocenters. The third-order valence-corrected chi connectivity index (χ3v) is 3.80. The number of rotatable bonds is 8. The van der Waals surface area contributed by atoms with Crippen molar-refractivity contribution in [1.29, 1.82) is 5.26 Å². The van der Waals surface area contributed by atoms with Gasteiger partial charge in [0.05, 0.1) is 18.8 Å². The van der Waals surface area contributed by atoms with E-state index in [2.05, 4.69) is 15.3 Å². The minimum atomic E-state index is -4.54. The normalized spacial score (nSPS) is 12.1. The van der Waals surface area contributed by atoms with Gasteiger partial charge in [-0.3, -0.25) is 4.79 Å². The Bertz CT molecular complexity index is 928. The maximum atomic E-state index is 12.8. The van der Waals surface area contributed by atoms with Gasteiger partial charge < -0.3 is 20.9 Å². The first-order valence-electron chi connectivity index (χ1n) is 8.46. The molecule has 0 amide bonds. The van der Waals surface area contributed by atoms with Gasteiger partial charge in [-0.05, 0) is 18.6 Å². The second-order valence-electron chi connectivity index (χ2n) is 5.88. The first-order chi connectivity index (χ1) is 13.7. The first-order valence-corrected chi connectivity index (χ1v) is 8.46. The van der Waals surface area contributed by atoms with Gasteiger partial charge in [0, 0.05) is 6.42 Å². The molecule has 154 valence electrons. The Hall–Kier alpha value is -3.39. The van der Waals surface area contributed by atoms with Crippen LogP contribution in [-0.4, -0.2) is 40.1 Å². The smallest absolute Gasteiger partial charge is 0.416 e. The molecule has 0 saturated carbocycles. The third kappa shape index (κ3) is 5.55. The van der Waals surface area contributed by atoms with E-state index in [9.17, 15) is 28.3 Å². The number of carbonyl (C=O) groups excluding carboxylic acids is 1. The Morgan fingerprint density at radius 3 is 2.72 bits per heavy atom. The largest absolute Gasteiger partial charge is 0.477 e. The van der Waals surface area contributed by atoms with Gasteiger partial charge in [-0.1, -0.05) is 18.2 Å². The molecule has 4 N–H and O–H groups in total. The molecule has 0 bridgehead atoms. The summed E-state index contributed by atoms with van der Waals surface area (Å²) >= 11 is 0. The van der Waals surface area contributed by atoms with Crippen LogP contribution in [0, 0.1) is 11.3 Å². The number of benzene rings is 1. The Morgan fingerprint density at radius 1 is 1.41 bits per heavy atom. The molecule has 8 nitrogen and oxygen atoms in total. The predicted molar refractivity (Wildman–Crippen MR) is 97.0 cm³/mol. The van der Waals surface area contributed by atoms with E-state index in [0.717, 1.165) is 12.1 Å². The highest BCUT2D eigenvalue weighted by atomic mass is 19.4. The van der Waals surface area contributed by atoms with Crippen LogP contribution < -0.4 is 15.8 Å². The molecule has 1 aromatic carbocycles. The second-order valence-corrected chi connectivity index (χ2v) is 5.88. The summed E-state index contributed by atoms with van der Waals surface area (Å²) in [5.41, 5.74) is 4.71. The highest BCUT2D eigenvalue weighted by Crippen LogP contribution is 2.30. The molecule has 0 radical (unpaired) electrons. The molecule has 1 aromatic heterocycles. The average molecular weight is 409 g/mol. The average Bonchev–Trinajstić information content (AvgIpc) is 2.65. The summed E-state index contributed by atoms with van der Waals surface area (Å²) in [7, 11) is 0. The Kier molecular flexibility index (Phi) is 6.95. The number of ketones is 1. The maximum absolute atomic E-state index is 12.8. The first kappa shape index (κ1) is 21.9. The Balaban J connectivity index is 2.25. The zero-order valence-corrected chi connectivity index (χ0v) is 15.3. The molecule has 1 atom stereocenters. The fourth-order valence-electron chi connectivity index (χ4n) is 2.48. The van der Waals surface area contributed by atoms with Gasteiger partial charge in [-0.2, -0.15) is 28.4 Å². The number of ether oxygens (including phenoxy) is 1. The van der Waals surface area contributed by atoms with E-state index in [4.69, 9.17) is 10.5 Å². The number of Topliss-reactive ketones (excluding diaryl/α,β-unsaturated/α-hetero) is 1. The highest BCUT2D eigenvalue weighted by Gasteiger charge is 2.31. The van der Waals surface area contributed by atoms with Crippen molar-refractivity contribution in [2.75, 3.05) is 24.3 Å². The molecule has 0 aliphatic rings. The number of hydrogen-bond donors (Lipinski definition) is 3. The number of nitrogens with one attached hydrogen (secondary N) is 1. The van der Waals surface area contributed by atoms with Crippen molar-refractivity contribution >= 4 is 17.5 Å². The lowest BCUT2D eigenvalue weighted by atomic mass is 10.0. The molecular formula is C18H18F3N5O3. The topological polar surface area (TPSA) is 134 Å². The standard InChI is InChI=1S/C18H18F3N5O3/c1-2-29-16-12(8-22)15(25-17(23)26-16)24-13(9-27)14(28)7-10-4-3-5-11(6-10)18(19,20)21/h3-6,13,27H,2,7,9H2,1H3,(H3,23,24,25,26)/t13-/m0/s1. The SMILES string of the molecule is CCOc1nc(N)nc(N[C@@H](CO)C(=O)Cc2cccc(C(F)(F)F)c2)c1C#N. The van der Waals surface area contributed by atoms with Crippen LogP contribution in [0.1, 0.15) is 23.6 Å². The molecule has 0 aliphatic carbocycles. The third-order valence-electron chi connectivity index (χ3n) is 3.80. The summed E-state index contributed by atoms with van der Waals surface area (Å²) in [6.07, 6.45) is -4.91. The monoisotopic (exact) mass is 409 g/mol. The van der Waals surface area contributed by atoms with E-state index in [1.165, 1.54) is 12.1 Å². The zero-order valence-electron chi connectivity index (χ0n) is 15.3. The number of alkyl halides is 3. The number of hydrogen-bond acceptors (Lipinski definition) is 8. The van der Waals surface area contributed by atoms with Gasteiger partial charge in [-0.25, -0.2) is 0 Å². The second kappa shape index (κ2) is 9.20. The molecular weight excluding hydrogens is 391 g/mol. The summed E-state index contributed by atoms with van der Waals surface area (Å²) in [6, 6.07) is 4.93. The molecule has 0 spiro atoms. The lowest BCUT2D eigenvalue weighted by Gasteiger charge is -2.18. The lowest BCUT2D eigenvalue weighted by Crippen LogP contribution is -2.35. The van der Waals surface area contributed by atoms with Gasteiger partial charge in [0.25, 0.3) is 0 Å². The van der Waals surface area contributed by atoms with Gasteiger partial charge in [0.2, 0.25) is 11.8 Å². The van der Waals surface area contributed by atoms with Gasteiger partial charge in [0.1, 0.15) is 12.1 Å². The van der Waals surface area contributed by atoms with Crippen LogP contribution in [-0.2, 0) is 17.4 Å². The van der Waals surface area contributed by atoms with Crippen molar-refractivity contribution in [3.63, 3.8) is 0 Å². The number of aliphatic hydroxyl groups excluding tert-OH is 1. The van der Waals surface area contributed by atoms with Gasteiger partial charge in [-0.15, -0.1) is 0 Å². The van der Waals surface area contributed by atoms with Crippen LogP contribution in [0.15, 0.2) is 24.3 Å². The summed E-state index contributed by atoms with van der Waals surface area (Å²) < 4.78 is 43.7. The number of nitriles is 1. The lowest BCUT2D eigenvalue weighted by molar-refractivity contribution is -0.137. The summed E-state index contributed by atoms with van der Waals surface area (Å²) in [5, 5.41) is 21.5.